The maximum absolute atomic E-state index is 11.6. The van der Waals surface area contributed by atoms with Crippen molar-refractivity contribution in [1.29, 1.82) is 0 Å². The van der Waals surface area contributed by atoms with E-state index in [1.807, 2.05) is 0 Å². The van der Waals surface area contributed by atoms with Crippen LogP contribution in [0.2, 0.25) is 0 Å². The van der Waals surface area contributed by atoms with Crippen molar-refractivity contribution in [3.63, 3.8) is 0 Å². The van der Waals surface area contributed by atoms with Gasteiger partial charge in [0.1, 0.15) is 12.6 Å². The lowest BCUT2D eigenvalue weighted by atomic mass is 10.0. The summed E-state index contributed by atoms with van der Waals surface area (Å²) in [5, 5.41) is 1.87. The van der Waals surface area contributed by atoms with E-state index in [4.69, 9.17) is 18.9 Å². The molecule has 11 heteroatoms. The first-order valence-corrected chi connectivity index (χ1v) is 9.03. The fourth-order valence-corrected chi connectivity index (χ4v) is 3.99. The molecule has 0 bridgehead atoms. The van der Waals surface area contributed by atoms with Crippen molar-refractivity contribution in [3.8, 4) is 0 Å². The SMILES string of the molecule is CC(=O)N[C@@H]1[C@@H](OC(C)=O)[C@H](OC(C)=O)[C@@H](COC(C)=O)S[C@@H]1OC(C)=O. The number of esters is 4. The summed E-state index contributed by atoms with van der Waals surface area (Å²) in [4.78, 5) is 57.4. The standard InChI is InChI=1S/C16H23NO9S/c1-7(18)17-13-15(25-10(4)21)14(24-9(3)20)12(6-23-8(2)19)27-16(13)26-11(5)22/h12-16H,6H2,1-5H3,(H,17,18)/t12-,13-,14-,15-,16+/m1/s1. The topological polar surface area (TPSA) is 134 Å². The van der Waals surface area contributed by atoms with Crippen molar-refractivity contribution >= 4 is 41.5 Å². The number of thioether (sulfide) groups is 1. The third kappa shape index (κ3) is 7.45. The van der Waals surface area contributed by atoms with Crippen molar-refractivity contribution in [1.82, 2.24) is 5.32 Å². The van der Waals surface area contributed by atoms with Crippen LogP contribution in [0.4, 0.5) is 0 Å². The summed E-state index contributed by atoms with van der Waals surface area (Å²) in [6.07, 6.45) is -2.19. The van der Waals surface area contributed by atoms with E-state index in [1.54, 1.807) is 0 Å². The molecule has 1 heterocycles. The Labute approximate surface area is 160 Å². The Morgan fingerprint density at radius 3 is 1.74 bits per heavy atom. The fraction of sp³-hybridized carbons (Fsp3) is 0.688. The van der Waals surface area contributed by atoms with Gasteiger partial charge in [0, 0.05) is 34.6 Å². The van der Waals surface area contributed by atoms with Gasteiger partial charge in [-0.1, -0.05) is 0 Å². The summed E-state index contributed by atoms with van der Waals surface area (Å²) in [6.45, 7) is 5.78. The molecule has 1 saturated heterocycles. The van der Waals surface area contributed by atoms with Gasteiger partial charge < -0.3 is 24.3 Å². The summed E-state index contributed by atoms with van der Waals surface area (Å²) in [5.74, 6) is -2.99. The van der Waals surface area contributed by atoms with Gasteiger partial charge in [-0.25, -0.2) is 0 Å². The van der Waals surface area contributed by atoms with Crippen LogP contribution in [0.25, 0.3) is 0 Å². The number of rotatable bonds is 6. The predicted molar refractivity (Wildman–Crippen MR) is 92.3 cm³/mol. The van der Waals surface area contributed by atoms with Gasteiger partial charge in [-0.15, -0.1) is 11.8 Å². The number of nitrogens with one attached hydrogen (secondary N) is 1. The number of hydrogen-bond acceptors (Lipinski definition) is 10. The number of amides is 1. The molecule has 27 heavy (non-hydrogen) atoms. The lowest BCUT2D eigenvalue weighted by molar-refractivity contribution is -0.175. The van der Waals surface area contributed by atoms with Crippen molar-refractivity contribution in [2.75, 3.05) is 6.61 Å². The Bertz CT molecular complexity index is 609. The summed E-state index contributed by atoms with van der Waals surface area (Å²) >= 11 is 1.03. The molecule has 0 aromatic heterocycles. The highest BCUT2D eigenvalue weighted by atomic mass is 32.2. The third-order valence-corrected chi connectivity index (χ3v) is 4.76. The molecule has 0 aliphatic carbocycles. The van der Waals surface area contributed by atoms with Gasteiger partial charge in [-0.05, 0) is 0 Å². The predicted octanol–water partition coefficient (Wildman–Crippen LogP) is -0.0778. The van der Waals surface area contributed by atoms with Gasteiger partial charge >= 0.3 is 23.9 Å². The minimum Gasteiger partial charge on any atom is -0.465 e. The van der Waals surface area contributed by atoms with Crippen LogP contribution in [0.3, 0.4) is 0 Å². The molecular formula is C16H23NO9S. The zero-order valence-corrected chi connectivity index (χ0v) is 16.5. The van der Waals surface area contributed by atoms with Gasteiger partial charge in [0.15, 0.2) is 17.6 Å². The first-order valence-electron chi connectivity index (χ1n) is 8.08. The molecule has 10 nitrogen and oxygen atoms in total. The van der Waals surface area contributed by atoms with Crippen LogP contribution in [0, 0.1) is 0 Å². The van der Waals surface area contributed by atoms with Gasteiger partial charge in [-0.2, -0.15) is 0 Å². The molecule has 0 aromatic rings. The highest BCUT2D eigenvalue weighted by Gasteiger charge is 2.51. The van der Waals surface area contributed by atoms with Crippen LogP contribution in [-0.2, 0) is 42.9 Å². The summed E-state index contributed by atoms with van der Waals surface area (Å²) < 4.78 is 20.8. The molecule has 1 amide bonds. The smallest absolute Gasteiger partial charge is 0.303 e. The molecular weight excluding hydrogens is 382 g/mol. The van der Waals surface area contributed by atoms with E-state index in [2.05, 4.69) is 5.32 Å². The number of carbonyl (C=O) groups is 5. The van der Waals surface area contributed by atoms with Gasteiger partial charge in [0.05, 0.1) is 5.25 Å². The van der Waals surface area contributed by atoms with E-state index in [-0.39, 0.29) is 6.61 Å². The molecule has 1 rings (SSSR count). The van der Waals surface area contributed by atoms with E-state index in [0.29, 0.717) is 0 Å². The van der Waals surface area contributed by atoms with Crippen molar-refractivity contribution in [3.05, 3.63) is 0 Å². The Kier molecular flexibility index (Phi) is 8.54. The number of hydrogen-bond donors (Lipinski definition) is 1. The summed E-state index contributed by atoms with van der Waals surface area (Å²) in [5.41, 5.74) is -0.955. The zero-order chi connectivity index (χ0) is 20.7. The fourth-order valence-electron chi connectivity index (χ4n) is 2.55. The van der Waals surface area contributed by atoms with E-state index in [0.717, 1.165) is 18.7 Å². The molecule has 0 spiro atoms. The van der Waals surface area contributed by atoms with Gasteiger partial charge in [0.25, 0.3) is 0 Å². The first-order chi connectivity index (χ1) is 12.5. The Hall–Kier alpha value is -2.30. The minimum absolute atomic E-state index is 0.180. The largest absolute Gasteiger partial charge is 0.465 e. The minimum atomic E-state index is -1.15. The normalized spacial score (nSPS) is 27.1. The lowest BCUT2D eigenvalue weighted by Crippen LogP contribution is -2.63. The van der Waals surface area contributed by atoms with E-state index >= 15 is 0 Å². The van der Waals surface area contributed by atoms with E-state index in [9.17, 15) is 24.0 Å². The molecule has 5 atom stereocenters. The van der Waals surface area contributed by atoms with Crippen LogP contribution < -0.4 is 5.32 Å². The highest BCUT2D eigenvalue weighted by molar-refractivity contribution is 8.00. The molecule has 152 valence electrons. The maximum Gasteiger partial charge on any atom is 0.303 e. The Balaban J connectivity index is 3.29. The molecule has 1 N–H and O–H groups in total. The third-order valence-electron chi connectivity index (χ3n) is 3.35. The average molecular weight is 405 g/mol. The molecule has 0 radical (unpaired) electrons. The van der Waals surface area contributed by atoms with E-state index in [1.165, 1.54) is 27.7 Å². The summed E-state index contributed by atoms with van der Waals surface area (Å²) in [7, 11) is 0. The number of carbonyl (C=O) groups excluding carboxylic acids is 5. The molecule has 0 unspecified atom stereocenters. The first kappa shape index (κ1) is 22.7. The number of ether oxygens (including phenoxy) is 4. The van der Waals surface area contributed by atoms with Crippen molar-refractivity contribution < 1.29 is 42.9 Å². The monoisotopic (exact) mass is 405 g/mol. The van der Waals surface area contributed by atoms with Crippen LogP contribution in [0.15, 0.2) is 0 Å². The zero-order valence-electron chi connectivity index (χ0n) is 15.7. The average Bonchev–Trinajstić information content (AvgIpc) is 2.49. The Morgan fingerprint density at radius 2 is 1.30 bits per heavy atom. The Morgan fingerprint density at radius 1 is 0.778 bits per heavy atom. The molecule has 0 aromatic carbocycles. The lowest BCUT2D eigenvalue weighted by Gasteiger charge is -2.44. The van der Waals surface area contributed by atoms with Crippen LogP contribution in [0.5, 0.6) is 0 Å². The molecule has 1 aliphatic heterocycles. The van der Waals surface area contributed by atoms with Crippen LogP contribution in [-0.4, -0.2) is 65.3 Å². The second kappa shape index (κ2) is 10.1. The molecule has 1 aliphatic rings. The quantitative estimate of drug-likeness (QED) is 0.472. The van der Waals surface area contributed by atoms with Gasteiger partial charge in [-0.3, -0.25) is 24.0 Å². The van der Waals surface area contributed by atoms with Crippen molar-refractivity contribution in [2.24, 2.45) is 0 Å². The molecule has 1 fully saturated rings. The maximum atomic E-state index is 11.6. The van der Waals surface area contributed by atoms with Crippen LogP contribution in [0.1, 0.15) is 34.6 Å². The second-order valence-electron chi connectivity index (χ2n) is 5.83. The van der Waals surface area contributed by atoms with E-state index < -0.39 is 58.7 Å². The second-order valence-corrected chi connectivity index (χ2v) is 7.17. The van der Waals surface area contributed by atoms with Crippen molar-refractivity contribution in [2.45, 2.75) is 63.6 Å². The molecule has 0 saturated carbocycles. The highest BCUT2D eigenvalue weighted by Crippen LogP contribution is 2.37. The van der Waals surface area contributed by atoms with Crippen LogP contribution >= 0.6 is 11.8 Å². The summed E-state index contributed by atoms with van der Waals surface area (Å²) in [6, 6.07) is -0.974. The van der Waals surface area contributed by atoms with Gasteiger partial charge in [0.2, 0.25) is 5.91 Å².